The highest BCUT2D eigenvalue weighted by molar-refractivity contribution is 5.69. The second-order valence-corrected chi connectivity index (χ2v) is 13.3. The molecule has 8 nitrogen and oxygen atoms in total. The summed E-state index contributed by atoms with van der Waals surface area (Å²) in [5.41, 5.74) is 1.33. The Morgan fingerprint density at radius 2 is 1.47 bits per heavy atom. The maximum absolute atomic E-state index is 11.6. The molecule has 0 bridgehead atoms. The van der Waals surface area contributed by atoms with E-state index in [1.54, 1.807) is 0 Å². The summed E-state index contributed by atoms with van der Waals surface area (Å²) in [6.07, 6.45) is 26.0. The molecule has 0 aromatic carbocycles. The zero-order chi connectivity index (χ0) is 31.7. The van der Waals surface area contributed by atoms with Crippen LogP contribution in [-0.2, 0) is 38.0 Å². The number of hydrogen-bond acceptors (Lipinski definition) is 8. The van der Waals surface area contributed by atoms with E-state index in [4.69, 9.17) is 33.2 Å². The molecule has 0 amide bonds. The van der Waals surface area contributed by atoms with Crippen LogP contribution in [0.4, 0.5) is 0 Å². The summed E-state index contributed by atoms with van der Waals surface area (Å²) in [5.74, 6) is 0.211. The van der Waals surface area contributed by atoms with Gasteiger partial charge in [-0.15, -0.1) is 0 Å². The first-order chi connectivity index (χ1) is 22.0. The monoisotopic (exact) mass is 632 g/mol. The van der Waals surface area contributed by atoms with E-state index in [1.165, 1.54) is 12.7 Å². The van der Waals surface area contributed by atoms with Crippen LogP contribution in [0.2, 0.25) is 0 Å². The SMILES string of the molecule is COC(=O)CCC/C=C\C[C@@H]1[C@@H](/C=C/[C@H](CCC=C(C)C)OC2CCCCO2)[C@H](OC2CCCCO2)C[C@@H]1OC1CCCCO1. The van der Waals surface area contributed by atoms with E-state index in [1.807, 2.05) is 0 Å². The van der Waals surface area contributed by atoms with Gasteiger partial charge in [-0.1, -0.05) is 36.0 Å². The highest BCUT2D eigenvalue weighted by atomic mass is 16.7. The normalized spacial score (nSPS) is 31.8. The van der Waals surface area contributed by atoms with Gasteiger partial charge in [0.05, 0.1) is 25.4 Å². The van der Waals surface area contributed by atoms with Gasteiger partial charge in [-0.2, -0.15) is 0 Å². The second kappa shape index (κ2) is 20.6. The summed E-state index contributed by atoms with van der Waals surface area (Å²) in [5, 5.41) is 0. The molecule has 3 aliphatic heterocycles. The topological polar surface area (TPSA) is 81.7 Å². The highest BCUT2D eigenvalue weighted by Crippen LogP contribution is 2.42. The van der Waals surface area contributed by atoms with Gasteiger partial charge < -0.3 is 33.2 Å². The maximum atomic E-state index is 11.6. The van der Waals surface area contributed by atoms with Crippen LogP contribution in [0.3, 0.4) is 0 Å². The molecule has 8 atom stereocenters. The van der Waals surface area contributed by atoms with Gasteiger partial charge >= 0.3 is 5.97 Å². The van der Waals surface area contributed by atoms with E-state index in [0.29, 0.717) is 6.42 Å². The fourth-order valence-corrected chi connectivity index (χ4v) is 6.84. The van der Waals surface area contributed by atoms with Crippen molar-refractivity contribution in [2.24, 2.45) is 11.8 Å². The standard InChI is InChI=1S/C37H60O8/c1-28(2)15-14-16-29(43-35-19-8-11-24-40-35)22-23-31-30(17-6-4-5-7-18-34(38)39-3)32(44-36-20-9-12-25-41-36)27-33(31)45-37-21-10-13-26-42-37/h4,6,15,22-23,29-33,35-37H,5,7-14,16-21,24-27H2,1-3H3/b6-4-,23-22+/t29-,30+,31+,32-,33+,35?,36?,37?/m0/s1. The molecule has 45 heavy (non-hydrogen) atoms. The Bertz CT molecular complexity index is 909. The fraction of sp³-hybridized carbons (Fsp3) is 0.811. The molecule has 0 N–H and O–H groups in total. The van der Waals surface area contributed by atoms with Gasteiger partial charge in [0.1, 0.15) is 0 Å². The molecule has 256 valence electrons. The Kier molecular flexibility index (Phi) is 16.6. The van der Waals surface area contributed by atoms with Crippen molar-refractivity contribution in [1.29, 1.82) is 0 Å². The minimum atomic E-state index is -0.167. The fourth-order valence-electron chi connectivity index (χ4n) is 6.84. The van der Waals surface area contributed by atoms with E-state index >= 15 is 0 Å². The van der Waals surface area contributed by atoms with Crippen molar-refractivity contribution in [3.63, 3.8) is 0 Å². The average Bonchev–Trinajstić information content (AvgIpc) is 3.37. The zero-order valence-electron chi connectivity index (χ0n) is 28.2. The molecule has 0 aromatic rings. The quantitative estimate of drug-likeness (QED) is 0.0908. The van der Waals surface area contributed by atoms with Gasteiger partial charge in [0.15, 0.2) is 18.9 Å². The Labute approximate surface area is 272 Å². The number of esters is 1. The van der Waals surface area contributed by atoms with E-state index in [9.17, 15) is 4.79 Å². The third-order valence-electron chi connectivity index (χ3n) is 9.37. The van der Waals surface area contributed by atoms with Crippen molar-refractivity contribution in [3.05, 3.63) is 36.0 Å². The Morgan fingerprint density at radius 1 is 0.822 bits per heavy atom. The summed E-state index contributed by atoms with van der Waals surface area (Å²) >= 11 is 0. The van der Waals surface area contributed by atoms with E-state index in [2.05, 4.69) is 44.2 Å². The molecule has 3 heterocycles. The minimum absolute atomic E-state index is 0.0139. The largest absolute Gasteiger partial charge is 0.469 e. The lowest BCUT2D eigenvalue weighted by Gasteiger charge is -2.30. The molecule has 4 fully saturated rings. The van der Waals surface area contributed by atoms with Crippen molar-refractivity contribution in [2.45, 2.75) is 154 Å². The third-order valence-corrected chi connectivity index (χ3v) is 9.37. The zero-order valence-corrected chi connectivity index (χ0v) is 28.2. The predicted molar refractivity (Wildman–Crippen MR) is 174 cm³/mol. The number of methoxy groups -OCH3 is 1. The second-order valence-electron chi connectivity index (χ2n) is 13.3. The number of carbonyl (C=O) groups excluding carboxylic acids is 1. The van der Waals surface area contributed by atoms with E-state index < -0.39 is 0 Å². The van der Waals surface area contributed by atoms with Crippen molar-refractivity contribution in [2.75, 3.05) is 26.9 Å². The average molecular weight is 633 g/mol. The summed E-state index contributed by atoms with van der Waals surface area (Å²) in [6.45, 7) is 6.58. The Balaban J connectivity index is 1.52. The maximum Gasteiger partial charge on any atom is 0.305 e. The number of rotatable bonds is 17. The number of unbranched alkanes of at least 4 members (excludes halogenated alkanes) is 1. The van der Waals surface area contributed by atoms with Crippen LogP contribution in [0.5, 0.6) is 0 Å². The molecule has 0 radical (unpaired) electrons. The van der Waals surface area contributed by atoms with Crippen molar-refractivity contribution in [1.82, 2.24) is 0 Å². The van der Waals surface area contributed by atoms with Crippen LogP contribution in [0.25, 0.3) is 0 Å². The van der Waals surface area contributed by atoms with Gasteiger partial charge in [0.2, 0.25) is 0 Å². The van der Waals surface area contributed by atoms with E-state index in [0.717, 1.165) is 116 Å². The van der Waals surface area contributed by atoms with Gasteiger partial charge in [-0.05, 0) is 110 Å². The van der Waals surface area contributed by atoms with Crippen LogP contribution >= 0.6 is 0 Å². The lowest BCUT2D eigenvalue weighted by Crippen LogP contribution is -2.31. The van der Waals surface area contributed by atoms with E-state index in [-0.39, 0.29) is 55.0 Å². The first kappa shape index (κ1) is 36.3. The highest BCUT2D eigenvalue weighted by Gasteiger charge is 2.45. The lowest BCUT2D eigenvalue weighted by molar-refractivity contribution is -0.203. The van der Waals surface area contributed by atoms with Crippen LogP contribution in [0, 0.1) is 11.8 Å². The summed E-state index contributed by atoms with van der Waals surface area (Å²) in [6, 6.07) is 0. The molecule has 0 spiro atoms. The van der Waals surface area contributed by atoms with Crippen molar-refractivity contribution >= 4 is 5.97 Å². The molecule has 4 rings (SSSR count). The number of allylic oxidation sites excluding steroid dienone is 4. The van der Waals surface area contributed by atoms with Gasteiger partial charge in [0, 0.05) is 38.6 Å². The molecule has 1 aliphatic carbocycles. The van der Waals surface area contributed by atoms with Crippen molar-refractivity contribution < 1.29 is 38.0 Å². The Morgan fingerprint density at radius 3 is 2.07 bits per heavy atom. The van der Waals surface area contributed by atoms with Gasteiger partial charge in [-0.25, -0.2) is 0 Å². The molecule has 0 aromatic heterocycles. The molecular weight excluding hydrogens is 572 g/mol. The molecule has 3 unspecified atom stereocenters. The third kappa shape index (κ3) is 13.2. The summed E-state index contributed by atoms with van der Waals surface area (Å²) in [7, 11) is 1.44. The van der Waals surface area contributed by atoms with Crippen LogP contribution in [0.15, 0.2) is 36.0 Å². The Hall–Kier alpha value is -1.55. The lowest BCUT2D eigenvalue weighted by atomic mass is 9.89. The van der Waals surface area contributed by atoms with Crippen LogP contribution in [0.1, 0.15) is 117 Å². The minimum Gasteiger partial charge on any atom is -0.469 e. The number of carbonyl (C=O) groups is 1. The predicted octanol–water partition coefficient (Wildman–Crippen LogP) is 7.95. The van der Waals surface area contributed by atoms with Crippen molar-refractivity contribution in [3.8, 4) is 0 Å². The smallest absolute Gasteiger partial charge is 0.305 e. The summed E-state index contributed by atoms with van der Waals surface area (Å²) < 4.78 is 42.9. The number of hydrogen-bond donors (Lipinski definition) is 0. The molecule has 8 heteroatoms. The number of ether oxygens (including phenoxy) is 7. The summed E-state index contributed by atoms with van der Waals surface area (Å²) in [4.78, 5) is 11.6. The molecule has 1 saturated carbocycles. The first-order valence-electron chi connectivity index (χ1n) is 17.9. The van der Waals surface area contributed by atoms with Gasteiger partial charge in [-0.3, -0.25) is 4.79 Å². The molecular formula is C37H60O8. The van der Waals surface area contributed by atoms with Crippen LogP contribution in [-0.4, -0.2) is 70.1 Å². The van der Waals surface area contributed by atoms with Gasteiger partial charge in [0.25, 0.3) is 0 Å². The first-order valence-corrected chi connectivity index (χ1v) is 17.9. The van der Waals surface area contributed by atoms with Crippen LogP contribution < -0.4 is 0 Å². The molecule has 4 aliphatic rings. The molecule has 3 saturated heterocycles.